The maximum absolute atomic E-state index is 9.21. The highest BCUT2D eigenvalue weighted by molar-refractivity contribution is 5.41. The normalized spacial score (nSPS) is 27.9. The second-order valence-corrected chi connectivity index (χ2v) is 5.59. The van der Waals surface area contributed by atoms with Crippen LogP contribution in [-0.2, 0) is 6.61 Å². The molecule has 1 aromatic rings. The molecule has 0 bridgehead atoms. The van der Waals surface area contributed by atoms with Gasteiger partial charge in [0.25, 0.3) is 0 Å². The van der Waals surface area contributed by atoms with Gasteiger partial charge in [0.15, 0.2) is 0 Å². The van der Waals surface area contributed by atoms with Gasteiger partial charge < -0.3 is 10.0 Å². The molecule has 2 atom stereocenters. The van der Waals surface area contributed by atoms with E-state index in [9.17, 15) is 5.11 Å². The van der Waals surface area contributed by atoms with E-state index in [4.69, 9.17) is 0 Å². The summed E-state index contributed by atoms with van der Waals surface area (Å²) in [6, 6.07) is 6.69. The molecule has 18 heavy (non-hydrogen) atoms. The van der Waals surface area contributed by atoms with Crippen molar-refractivity contribution in [2.75, 3.05) is 11.4 Å². The number of fused-ring (bicyclic) bond motifs is 1. The summed E-state index contributed by atoms with van der Waals surface area (Å²) >= 11 is 0. The number of hydrogen-bond donors (Lipinski definition) is 1. The lowest BCUT2D eigenvalue weighted by molar-refractivity contribution is 0.242. The average molecular weight is 246 g/mol. The van der Waals surface area contributed by atoms with Crippen molar-refractivity contribution in [3.05, 3.63) is 23.9 Å². The summed E-state index contributed by atoms with van der Waals surface area (Å²) in [5.74, 6) is 1.94. The van der Waals surface area contributed by atoms with Crippen molar-refractivity contribution < 1.29 is 5.11 Å². The summed E-state index contributed by atoms with van der Waals surface area (Å²) in [5, 5.41) is 9.21. The summed E-state index contributed by atoms with van der Waals surface area (Å²) in [6.45, 7) is 1.17. The van der Waals surface area contributed by atoms with Gasteiger partial charge in [-0.1, -0.05) is 18.9 Å². The Morgan fingerprint density at radius 3 is 2.89 bits per heavy atom. The molecular weight excluding hydrogens is 224 g/mol. The number of aliphatic hydroxyl groups excluding tert-OH is 1. The van der Waals surface area contributed by atoms with Gasteiger partial charge in [0.05, 0.1) is 12.3 Å². The fourth-order valence-corrected chi connectivity index (χ4v) is 3.62. The van der Waals surface area contributed by atoms with E-state index in [2.05, 4.69) is 16.0 Å². The lowest BCUT2D eigenvalue weighted by Crippen LogP contribution is -2.47. The molecule has 2 aliphatic rings. The maximum Gasteiger partial charge on any atom is 0.129 e. The van der Waals surface area contributed by atoms with Crippen LogP contribution in [0.2, 0.25) is 0 Å². The van der Waals surface area contributed by atoms with E-state index < -0.39 is 0 Å². The molecule has 2 fully saturated rings. The monoisotopic (exact) mass is 246 g/mol. The van der Waals surface area contributed by atoms with Crippen molar-refractivity contribution in [3.8, 4) is 0 Å². The number of pyridine rings is 1. The highest BCUT2D eigenvalue weighted by Crippen LogP contribution is 2.37. The minimum absolute atomic E-state index is 0.0375. The predicted octanol–water partition coefficient (Wildman–Crippen LogP) is 2.73. The zero-order valence-electron chi connectivity index (χ0n) is 10.9. The van der Waals surface area contributed by atoms with E-state index in [1.54, 1.807) is 0 Å². The Morgan fingerprint density at radius 1 is 1.17 bits per heavy atom. The molecule has 1 aromatic heterocycles. The first-order valence-electron chi connectivity index (χ1n) is 7.22. The molecule has 98 valence electrons. The van der Waals surface area contributed by atoms with E-state index >= 15 is 0 Å². The third-order valence-electron chi connectivity index (χ3n) is 4.49. The number of aliphatic hydroxyl groups is 1. The van der Waals surface area contributed by atoms with Gasteiger partial charge in [0.1, 0.15) is 5.82 Å². The Kier molecular flexibility index (Phi) is 3.50. The molecule has 0 amide bonds. The first kappa shape index (κ1) is 12.0. The molecule has 1 saturated heterocycles. The van der Waals surface area contributed by atoms with E-state index in [0.717, 1.165) is 24.0 Å². The second kappa shape index (κ2) is 5.27. The van der Waals surface area contributed by atoms with Crippen molar-refractivity contribution in [2.45, 2.75) is 51.2 Å². The van der Waals surface area contributed by atoms with Crippen molar-refractivity contribution in [1.29, 1.82) is 0 Å². The molecular formula is C15H22N2O. The summed E-state index contributed by atoms with van der Waals surface area (Å²) in [7, 11) is 0. The average Bonchev–Trinajstić information content (AvgIpc) is 2.47. The van der Waals surface area contributed by atoms with Crippen molar-refractivity contribution >= 4 is 5.82 Å². The smallest absolute Gasteiger partial charge is 0.129 e. The fraction of sp³-hybridized carbons (Fsp3) is 0.667. The van der Waals surface area contributed by atoms with Crippen molar-refractivity contribution in [2.24, 2.45) is 5.92 Å². The molecule has 2 heterocycles. The molecule has 0 radical (unpaired) electrons. The van der Waals surface area contributed by atoms with Crippen LogP contribution in [-0.4, -0.2) is 22.7 Å². The first-order chi connectivity index (χ1) is 8.88. The number of nitrogens with zero attached hydrogens (tertiary/aromatic N) is 2. The van der Waals surface area contributed by atoms with Crippen molar-refractivity contribution in [1.82, 2.24) is 4.98 Å². The van der Waals surface area contributed by atoms with Crippen LogP contribution in [0.15, 0.2) is 18.2 Å². The summed E-state index contributed by atoms with van der Waals surface area (Å²) < 4.78 is 0. The Bertz CT molecular complexity index is 405. The topological polar surface area (TPSA) is 36.4 Å². The third-order valence-corrected chi connectivity index (χ3v) is 4.49. The van der Waals surface area contributed by atoms with Crippen LogP contribution < -0.4 is 4.90 Å². The molecule has 1 N–H and O–H groups in total. The standard InChI is InChI=1S/C15H22N2O/c18-11-13-7-3-9-15(16-13)17-10-4-6-12-5-1-2-8-14(12)17/h3,7,9,12,14,18H,1-2,4-6,8,10-11H2. The Labute approximate surface area is 109 Å². The number of anilines is 1. The van der Waals surface area contributed by atoms with Crippen LogP contribution in [0.4, 0.5) is 5.82 Å². The zero-order chi connectivity index (χ0) is 12.4. The molecule has 0 aromatic carbocycles. The summed E-state index contributed by atoms with van der Waals surface area (Å²) in [4.78, 5) is 7.07. The van der Waals surface area contributed by atoms with Crippen LogP contribution in [0.25, 0.3) is 0 Å². The molecule has 3 heteroatoms. The lowest BCUT2D eigenvalue weighted by Gasteiger charge is -2.44. The largest absolute Gasteiger partial charge is 0.390 e. The molecule has 1 saturated carbocycles. The van der Waals surface area contributed by atoms with Gasteiger partial charge in [0.2, 0.25) is 0 Å². The number of rotatable bonds is 2. The van der Waals surface area contributed by atoms with Crippen molar-refractivity contribution in [3.63, 3.8) is 0 Å². The van der Waals surface area contributed by atoms with E-state index in [1.807, 2.05) is 12.1 Å². The van der Waals surface area contributed by atoms with Gasteiger partial charge in [-0.15, -0.1) is 0 Å². The number of aromatic nitrogens is 1. The van der Waals surface area contributed by atoms with Crippen LogP contribution in [0.5, 0.6) is 0 Å². The van der Waals surface area contributed by atoms with Crippen LogP contribution >= 0.6 is 0 Å². The Morgan fingerprint density at radius 2 is 2.00 bits per heavy atom. The van der Waals surface area contributed by atoms with Crippen LogP contribution in [0, 0.1) is 5.92 Å². The highest BCUT2D eigenvalue weighted by atomic mass is 16.3. The maximum atomic E-state index is 9.21. The Balaban J connectivity index is 1.84. The molecule has 1 aliphatic carbocycles. The van der Waals surface area contributed by atoms with E-state index in [-0.39, 0.29) is 6.61 Å². The SMILES string of the molecule is OCc1cccc(N2CCCC3CCCCC32)n1. The summed E-state index contributed by atoms with van der Waals surface area (Å²) in [5.41, 5.74) is 0.783. The minimum Gasteiger partial charge on any atom is -0.390 e. The van der Waals surface area contributed by atoms with Gasteiger partial charge in [0, 0.05) is 12.6 Å². The van der Waals surface area contributed by atoms with E-state index in [1.165, 1.54) is 38.5 Å². The minimum atomic E-state index is 0.0375. The van der Waals surface area contributed by atoms with Gasteiger partial charge in [-0.2, -0.15) is 0 Å². The zero-order valence-corrected chi connectivity index (χ0v) is 10.9. The highest BCUT2D eigenvalue weighted by Gasteiger charge is 2.33. The number of hydrogen-bond acceptors (Lipinski definition) is 3. The molecule has 3 nitrogen and oxygen atoms in total. The van der Waals surface area contributed by atoms with Gasteiger partial charge in [-0.25, -0.2) is 4.98 Å². The van der Waals surface area contributed by atoms with Crippen LogP contribution in [0.1, 0.15) is 44.2 Å². The molecule has 3 rings (SSSR count). The second-order valence-electron chi connectivity index (χ2n) is 5.59. The quantitative estimate of drug-likeness (QED) is 0.871. The molecule has 2 unspecified atom stereocenters. The lowest BCUT2D eigenvalue weighted by atomic mass is 9.78. The number of piperidine rings is 1. The van der Waals surface area contributed by atoms with Crippen LogP contribution in [0.3, 0.4) is 0 Å². The fourth-order valence-electron chi connectivity index (χ4n) is 3.62. The first-order valence-corrected chi connectivity index (χ1v) is 7.22. The third kappa shape index (κ3) is 2.24. The predicted molar refractivity (Wildman–Crippen MR) is 72.5 cm³/mol. The molecule has 0 spiro atoms. The molecule has 1 aliphatic heterocycles. The summed E-state index contributed by atoms with van der Waals surface area (Å²) in [6.07, 6.45) is 8.14. The van der Waals surface area contributed by atoms with Gasteiger partial charge in [-0.3, -0.25) is 0 Å². The van der Waals surface area contributed by atoms with Gasteiger partial charge >= 0.3 is 0 Å². The van der Waals surface area contributed by atoms with Gasteiger partial charge in [-0.05, 0) is 43.7 Å². The Hall–Kier alpha value is -1.09. The van der Waals surface area contributed by atoms with E-state index in [0.29, 0.717) is 6.04 Å².